The molecule has 1 N–H and O–H groups in total. The van der Waals surface area contributed by atoms with Crippen molar-refractivity contribution in [3.05, 3.63) is 29.6 Å². The number of carbonyl (C=O) groups is 2. The zero-order valence-electron chi connectivity index (χ0n) is 11.0. The fourth-order valence-electron chi connectivity index (χ4n) is 2.18. The van der Waals surface area contributed by atoms with E-state index in [-0.39, 0.29) is 11.5 Å². The first-order chi connectivity index (χ1) is 9.06. The van der Waals surface area contributed by atoms with Crippen LogP contribution >= 0.6 is 0 Å². The monoisotopic (exact) mass is 262 g/mol. The third-order valence-electron chi connectivity index (χ3n) is 3.52. The van der Waals surface area contributed by atoms with E-state index in [4.69, 9.17) is 5.11 Å². The van der Waals surface area contributed by atoms with Crippen LogP contribution in [0.15, 0.2) is 18.3 Å². The first-order valence-electron chi connectivity index (χ1n) is 6.52. The topological polar surface area (TPSA) is 70.5 Å². The van der Waals surface area contributed by atoms with E-state index in [1.165, 1.54) is 12.3 Å². The molecule has 0 aromatic carbocycles. The first kappa shape index (κ1) is 13.5. The van der Waals surface area contributed by atoms with Gasteiger partial charge in [-0.25, -0.2) is 4.79 Å². The number of carboxylic acid groups (broad SMARTS) is 1. The van der Waals surface area contributed by atoms with Crippen LogP contribution in [-0.2, 0) is 11.3 Å². The van der Waals surface area contributed by atoms with Crippen molar-refractivity contribution in [1.82, 2.24) is 9.88 Å². The maximum atomic E-state index is 11.9. The molecule has 0 spiro atoms. The number of nitrogens with zero attached hydrogens (tertiary/aromatic N) is 2. The molecule has 0 aliphatic carbocycles. The third kappa shape index (κ3) is 3.53. The smallest absolute Gasteiger partial charge is 0.337 e. The molecule has 1 amide bonds. The highest BCUT2D eigenvalue weighted by molar-refractivity contribution is 5.87. The van der Waals surface area contributed by atoms with Crippen molar-refractivity contribution in [3.63, 3.8) is 0 Å². The fourth-order valence-corrected chi connectivity index (χ4v) is 2.18. The Kier molecular flexibility index (Phi) is 4.14. The van der Waals surface area contributed by atoms with Crippen LogP contribution in [0.4, 0.5) is 0 Å². The first-order valence-corrected chi connectivity index (χ1v) is 6.52. The molecule has 0 saturated carbocycles. The highest BCUT2D eigenvalue weighted by Gasteiger charge is 2.20. The minimum atomic E-state index is -0.987. The van der Waals surface area contributed by atoms with E-state index in [0.29, 0.717) is 18.9 Å². The summed E-state index contributed by atoms with van der Waals surface area (Å²) in [5, 5.41) is 8.80. The van der Waals surface area contributed by atoms with E-state index in [1.54, 1.807) is 6.07 Å². The number of hydrogen-bond donors (Lipinski definition) is 1. The van der Waals surface area contributed by atoms with E-state index >= 15 is 0 Å². The Hall–Kier alpha value is -1.91. The molecule has 1 aromatic rings. The molecule has 1 fully saturated rings. The average molecular weight is 262 g/mol. The third-order valence-corrected chi connectivity index (χ3v) is 3.52. The van der Waals surface area contributed by atoms with E-state index < -0.39 is 5.97 Å². The van der Waals surface area contributed by atoms with Gasteiger partial charge >= 0.3 is 5.97 Å². The molecule has 1 aliphatic heterocycles. The van der Waals surface area contributed by atoms with Crippen LogP contribution in [0.1, 0.15) is 42.2 Å². The van der Waals surface area contributed by atoms with Crippen LogP contribution in [0, 0.1) is 5.92 Å². The van der Waals surface area contributed by atoms with Gasteiger partial charge in [0.05, 0.1) is 17.8 Å². The van der Waals surface area contributed by atoms with Crippen molar-refractivity contribution in [2.75, 3.05) is 6.54 Å². The summed E-state index contributed by atoms with van der Waals surface area (Å²) in [5.74, 6) is -0.247. The SMILES string of the molecule is CC1CCC(=O)N(Cc2ccc(C(=O)O)cn2)CC1. The van der Waals surface area contributed by atoms with Gasteiger partial charge in [-0.2, -0.15) is 0 Å². The summed E-state index contributed by atoms with van der Waals surface area (Å²) in [6, 6.07) is 3.20. The molecule has 5 heteroatoms. The summed E-state index contributed by atoms with van der Waals surface area (Å²) in [7, 11) is 0. The normalized spacial score (nSPS) is 20.2. The second-order valence-corrected chi connectivity index (χ2v) is 5.09. The lowest BCUT2D eigenvalue weighted by molar-refractivity contribution is -0.131. The van der Waals surface area contributed by atoms with Crippen molar-refractivity contribution in [1.29, 1.82) is 0 Å². The summed E-state index contributed by atoms with van der Waals surface area (Å²) in [4.78, 5) is 28.6. The number of aromatic nitrogens is 1. The molecule has 2 rings (SSSR count). The molecular formula is C14H18N2O3. The lowest BCUT2D eigenvalue weighted by Crippen LogP contribution is -2.30. The molecule has 1 unspecified atom stereocenters. The maximum absolute atomic E-state index is 11.9. The van der Waals surface area contributed by atoms with Gasteiger partial charge < -0.3 is 10.0 Å². The summed E-state index contributed by atoms with van der Waals surface area (Å²) < 4.78 is 0. The van der Waals surface area contributed by atoms with Crippen LogP contribution in [0.25, 0.3) is 0 Å². The quantitative estimate of drug-likeness (QED) is 0.903. The van der Waals surface area contributed by atoms with Gasteiger partial charge in [-0.1, -0.05) is 6.92 Å². The molecule has 1 saturated heterocycles. The van der Waals surface area contributed by atoms with Crippen molar-refractivity contribution in [3.8, 4) is 0 Å². The number of hydrogen-bond acceptors (Lipinski definition) is 3. The Labute approximate surface area is 112 Å². The van der Waals surface area contributed by atoms with Gasteiger partial charge in [0.2, 0.25) is 5.91 Å². The second kappa shape index (κ2) is 5.82. The average Bonchev–Trinajstić information content (AvgIpc) is 2.55. The number of rotatable bonds is 3. The van der Waals surface area contributed by atoms with Gasteiger partial charge in [-0.3, -0.25) is 9.78 Å². The molecule has 1 aromatic heterocycles. The lowest BCUT2D eigenvalue weighted by atomic mass is 10.0. The molecule has 5 nitrogen and oxygen atoms in total. The summed E-state index contributed by atoms with van der Waals surface area (Å²) >= 11 is 0. The largest absolute Gasteiger partial charge is 0.478 e. The number of aromatic carboxylic acids is 1. The Morgan fingerprint density at radius 2 is 2.26 bits per heavy atom. The van der Waals surface area contributed by atoms with Crippen LogP contribution in [0.5, 0.6) is 0 Å². The molecule has 102 valence electrons. The van der Waals surface area contributed by atoms with Crippen molar-refractivity contribution in [2.45, 2.75) is 32.7 Å². The van der Waals surface area contributed by atoms with E-state index in [2.05, 4.69) is 11.9 Å². The Morgan fingerprint density at radius 3 is 2.89 bits per heavy atom. The molecular weight excluding hydrogens is 244 g/mol. The van der Waals surface area contributed by atoms with Gasteiger partial charge in [0.1, 0.15) is 0 Å². The molecule has 1 atom stereocenters. The molecule has 0 bridgehead atoms. The predicted octanol–water partition coefficient (Wildman–Crippen LogP) is 1.93. The van der Waals surface area contributed by atoms with Gasteiger partial charge in [-0.15, -0.1) is 0 Å². The lowest BCUT2D eigenvalue weighted by Gasteiger charge is -2.20. The Morgan fingerprint density at radius 1 is 1.47 bits per heavy atom. The number of carboxylic acids is 1. The van der Waals surface area contributed by atoms with Gasteiger partial charge in [-0.05, 0) is 30.9 Å². The molecule has 0 radical (unpaired) electrons. The fraction of sp³-hybridized carbons (Fsp3) is 0.500. The number of likely N-dealkylation sites (tertiary alicyclic amines) is 1. The standard InChI is InChI=1S/C14H18N2O3/c1-10-2-5-13(17)16(7-6-10)9-12-4-3-11(8-15-12)14(18)19/h3-4,8,10H,2,5-7,9H2,1H3,(H,18,19). The van der Waals surface area contributed by atoms with Crippen LogP contribution in [-0.4, -0.2) is 33.4 Å². The van der Waals surface area contributed by atoms with Crippen molar-refractivity contribution in [2.24, 2.45) is 5.92 Å². The predicted molar refractivity (Wildman–Crippen MR) is 69.6 cm³/mol. The highest BCUT2D eigenvalue weighted by Crippen LogP contribution is 2.18. The Balaban J connectivity index is 2.03. The van der Waals surface area contributed by atoms with Crippen LogP contribution < -0.4 is 0 Å². The Bertz CT molecular complexity index is 470. The minimum Gasteiger partial charge on any atom is -0.478 e. The van der Waals surface area contributed by atoms with Crippen molar-refractivity contribution < 1.29 is 14.7 Å². The van der Waals surface area contributed by atoms with Crippen molar-refractivity contribution >= 4 is 11.9 Å². The van der Waals surface area contributed by atoms with Gasteiger partial charge in [0.25, 0.3) is 0 Å². The van der Waals surface area contributed by atoms with E-state index in [0.717, 1.165) is 25.1 Å². The van der Waals surface area contributed by atoms with E-state index in [9.17, 15) is 9.59 Å². The summed E-state index contributed by atoms with van der Waals surface area (Å²) in [6.07, 6.45) is 3.89. The summed E-state index contributed by atoms with van der Waals surface area (Å²) in [5.41, 5.74) is 0.896. The van der Waals surface area contributed by atoms with Gasteiger partial charge in [0, 0.05) is 19.2 Å². The van der Waals surface area contributed by atoms with Crippen LogP contribution in [0.3, 0.4) is 0 Å². The second-order valence-electron chi connectivity index (χ2n) is 5.09. The summed E-state index contributed by atoms with van der Waals surface area (Å²) in [6.45, 7) is 3.38. The highest BCUT2D eigenvalue weighted by atomic mass is 16.4. The molecule has 1 aliphatic rings. The zero-order valence-corrected chi connectivity index (χ0v) is 11.0. The van der Waals surface area contributed by atoms with E-state index in [1.807, 2.05) is 4.90 Å². The molecule has 19 heavy (non-hydrogen) atoms. The number of carbonyl (C=O) groups excluding carboxylic acids is 1. The van der Waals surface area contributed by atoms with Crippen LogP contribution in [0.2, 0.25) is 0 Å². The van der Waals surface area contributed by atoms with Gasteiger partial charge in [0.15, 0.2) is 0 Å². The number of amides is 1. The maximum Gasteiger partial charge on any atom is 0.337 e. The number of pyridine rings is 1. The zero-order chi connectivity index (χ0) is 13.8. The minimum absolute atomic E-state index is 0.161. The molecule has 2 heterocycles.